The molecule has 0 fully saturated rings. The molecule has 2 aromatic carbocycles. The molecule has 1 amide bonds. The second kappa shape index (κ2) is 8.73. The molecule has 2 rings (SSSR count). The number of rotatable bonds is 7. The van der Waals surface area contributed by atoms with Gasteiger partial charge in [0, 0.05) is 11.8 Å². The third-order valence-electron chi connectivity index (χ3n) is 3.39. The van der Waals surface area contributed by atoms with Crippen LogP contribution in [-0.4, -0.2) is 31.7 Å². The number of methoxy groups -OCH3 is 1. The highest BCUT2D eigenvalue weighted by Gasteiger charge is 2.15. The Morgan fingerprint density at radius 1 is 1.08 bits per heavy atom. The van der Waals surface area contributed by atoms with Gasteiger partial charge in [0.25, 0.3) is 5.91 Å². The molecule has 0 saturated carbocycles. The molecule has 0 aliphatic heterocycles. The molecule has 0 radical (unpaired) electrons. The Bertz CT molecular complexity index is 727. The maximum absolute atomic E-state index is 12.2. The topological polar surface area (TPSA) is 73.9 Å². The van der Waals surface area contributed by atoms with Crippen LogP contribution >= 0.6 is 0 Å². The number of nitrogens with one attached hydrogen (secondary N) is 1. The van der Waals surface area contributed by atoms with E-state index in [4.69, 9.17) is 14.2 Å². The zero-order valence-corrected chi connectivity index (χ0v) is 14.4. The monoisotopic (exact) mass is 343 g/mol. The lowest BCUT2D eigenvalue weighted by Gasteiger charge is -2.15. The third kappa shape index (κ3) is 5.24. The van der Waals surface area contributed by atoms with Crippen LogP contribution in [0.25, 0.3) is 0 Å². The summed E-state index contributed by atoms with van der Waals surface area (Å²) in [6, 6.07) is 13.5. The van der Waals surface area contributed by atoms with Gasteiger partial charge in [-0.1, -0.05) is 6.07 Å². The van der Waals surface area contributed by atoms with Crippen molar-refractivity contribution in [2.24, 2.45) is 0 Å². The molecule has 1 unspecified atom stereocenters. The molecule has 0 aliphatic carbocycles. The van der Waals surface area contributed by atoms with Crippen molar-refractivity contribution in [3.63, 3.8) is 0 Å². The van der Waals surface area contributed by atoms with Gasteiger partial charge in [-0.25, -0.2) is 4.79 Å². The molecule has 1 atom stereocenters. The zero-order chi connectivity index (χ0) is 18.2. The lowest BCUT2D eigenvalue weighted by atomic mass is 10.2. The van der Waals surface area contributed by atoms with Gasteiger partial charge in [-0.15, -0.1) is 0 Å². The Balaban J connectivity index is 1.95. The largest absolute Gasteiger partial charge is 0.497 e. The van der Waals surface area contributed by atoms with Gasteiger partial charge in [0.2, 0.25) is 0 Å². The summed E-state index contributed by atoms with van der Waals surface area (Å²) in [5, 5.41) is 2.74. The second-order valence-corrected chi connectivity index (χ2v) is 5.23. The first-order chi connectivity index (χ1) is 12.0. The number of carbonyl (C=O) groups is 2. The van der Waals surface area contributed by atoms with Crippen LogP contribution < -0.4 is 14.8 Å². The van der Waals surface area contributed by atoms with Gasteiger partial charge in [-0.2, -0.15) is 0 Å². The lowest BCUT2D eigenvalue weighted by molar-refractivity contribution is -0.122. The molecule has 0 heterocycles. The average molecular weight is 343 g/mol. The Morgan fingerprint density at radius 2 is 1.76 bits per heavy atom. The van der Waals surface area contributed by atoms with E-state index in [2.05, 4.69) is 5.32 Å². The summed E-state index contributed by atoms with van der Waals surface area (Å²) < 4.78 is 15.7. The minimum atomic E-state index is -0.697. The summed E-state index contributed by atoms with van der Waals surface area (Å²) in [7, 11) is 1.56. The van der Waals surface area contributed by atoms with E-state index in [1.54, 1.807) is 69.5 Å². The highest BCUT2D eigenvalue weighted by atomic mass is 16.5. The van der Waals surface area contributed by atoms with Crippen LogP contribution in [-0.2, 0) is 9.53 Å². The quantitative estimate of drug-likeness (QED) is 0.781. The van der Waals surface area contributed by atoms with E-state index in [9.17, 15) is 9.59 Å². The Morgan fingerprint density at radius 3 is 2.40 bits per heavy atom. The third-order valence-corrected chi connectivity index (χ3v) is 3.39. The minimum Gasteiger partial charge on any atom is -0.497 e. The van der Waals surface area contributed by atoms with Gasteiger partial charge in [-0.05, 0) is 50.2 Å². The Kier molecular flexibility index (Phi) is 6.39. The van der Waals surface area contributed by atoms with Gasteiger partial charge >= 0.3 is 5.97 Å². The van der Waals surface area contributed by atoms with E-state index in [1.807, 2.05) is 0 Å². The van der Waals surface area contributed by atoms with Gasteiger partial charge < -0.3 is 19.5 Å². The SMILES string of the molecule is CCOC(=O)c1ccc(NC(=O)C(C)Oc2cccc(OC)c2)cc1. The number of anilines is 1. The molecule has 2 aromatic rings. The van der Waals surface area contributed by atoms with Gasteiger partial charge in [0.15, 0.2) is 6.10 Å². The number of amides is 1. The van der Waals surface area contributed by atoms with Crippen molar-refractivity contribution in [1.29, 1.82) is 0 Å². The summed E-state index contributed by atoms with van der Waals surface area (Å²) in [6.45, 7) is 3.72. The van der Waals surface area contributed by atoms with Crippen molar-refractivity contribution in [2.45, 2.75) is 20.0 Å². The molecule has 25 heavy (non-hydrogen) atoms. The van der Waals surface area contributed by atoms with Crippen LogP contribution in [0, 0.1) is 0 Å². The number of hydrogen-bond donors (Lipinski definition) is 1. The molecule has 132 valence electrons. The maximum atomic E-state index is 12.2. The van der Waals surface area contributed by atoms with Crippen molar-refractivity contribution in [3.8, 4) is 11.5 Å². The number of benzene rings is 2. The number of ether oxygens (including phenoxy) is 3. The molecule has 6 heteroatoms. The minimum absolute atomic E-state index is 0.299. The molecule has 1 N–H and O–H groups in total. The molecule has 0 spiro atoms. The summed E-state index contributed by atoms with van der Waals surface area (Å²) in [5.74, 6) is 0.501. The van der Waals surface area contributed by atoms with Gasteiger partial charge in [0.05, 0.1) is 19.3 Å². The Hall–Kier alpha value is -3.02. The molecule has 6 nitrogen and oxygen atoms in total. The van der Waals surface area contributed by atoms with E-state index < -0.39 is 12.1 Å². The van der Waals surface area contributed by atoms with E-state index in [-0.39, 0.29) is 5.91 Å². The standard InChI is InChI=1S/C19H21NO5/c1-4-24-19(22)14-8-10-15(11-9-14)20-18(21)13(2)25-17-7-5-6-16(12-17)23-3/h5-13H,4H2,1-3H3,(H,20,21). The number of carbonyl (C=O) groups excluding carboxylic acids is 2. The van der Waals surface area contributed by atoms with Crippen molar-refractivity contribution in [2.75, 3.05) is 19.0 Å². The van der Waals surface area contributed by atoms with Crippen molar-refractivity contribution < 1.29 is 23.8 Å². The van der Waals surface area contributed by atoms with Crippen molar-refractivity contribution >= 4 is 17.6 Å². The average Bonchev–Trinajstić information content (AvgIpc) is 2.62. The van der Waals surface area contributed by atoms with Crippen LogP contribution in [0.4, 0.5) is 5.69 Å². The highest BCUT2D eigenvalue weighted by Crippen LogP contribution is 2.20. The van der Waals surface area contributed by atoms with Crippen molar-refractivity contribution in [3.05, 3.63) is 54.1 Å². The summed E-state index contributed by atoms with van der Waals surface area (Å²) in [6.07, 6.45) is -0.697. The predicted molar refractivity (Wildman–Crippen MR) is 94.1 cm³/mol. The summed E-state index contributed by atoms with van der Waals surface area (Å²) in [5.41, 5.74) is 1.000. The number of hydrogen-bond acceptors (Lipinski definition) is 5. The van der Waals surface area contributed by atoms with E-state index in [1.165, 1.54) is 0 Å². The van der Waals surface area contributed by atoms with Crippen LogP contribution in [0.5, 0.6) is 11.5 Å². The number of esters is 1. The second-order valence-electron chi connectivity index (χ2n) is 5.23. The fourth-order valence-electron chi connectivity index (χ4n) is 2.08. The molecular weight excluding hydrogens is 322 g/mol. The van der Waals surface area contributed by atoms with Gasteiger partial charge in [-0.3, -0.25) is 4.79 Å². The maximum Gasteiger partial charge on any atom is 0.338 e. The van der Waals surface area contributed by atoms with Gasteiger partial charge in [0.1, 0.15) is 11.5 Å². The van der Waals surface area contributed by atoms with Crippen molar-refractivity contribution in [1.82, 2.24) is 0 Å². The molecule has 0 aliphatic rings. The predicted octanol–water partition coefficient (Wildman–Crippen LogP) is 3.28. The molecule has 0 bridgehead atoms. The van der Waals surface area contributed by atoms with E-state index >= 15 is 0 Å². The first-order valence-electron chi connectivity index (χ1n) is 7.92. The zero-order valence-electron chi connectivity index (χ0n) is 14.4. The molecule has 0 aromatic heterocycles. The lowest BCUT2D eigenvalue weighted by Crippen LogP contribution is -2.30. The summed E-state index contributed by atoms with van der Waals surface area (Å²) >= 11 is 0. The summed E-state index contributed by atoms with van der Waals surface area (Å²) in [4.78, 5) is 23.8. The first kappa shape index (κ1) is 18.3. The smallest absolute Gasteiger partial charge is 0.338 e. The van der Waals surface area contributed by atoms with Crippen LogP contribution in [0.1, 0.15) is 24.2 Å². The van der Waals surface area contributed by atoms with Crippen LogP contribution in [0.2, 0.25) is 0 Å². The fourth-order valence-corrected chi connectivity index (χ4v) is 2.08. The van der Waals surface area contributed by atoms with Crippen LogP contribution in [0.3, 0.4) is 0 Å². The van der Waals surface area contributed by atoms with E-state index in [0.29, 0.717) is 29.4 Å². The van der Waals surface area contributed by atoms with Crippen LogP contribution in [0.15, 0.2) is 48.5 Å². The first-order valence-corrected chi connectivity index (χ1v) is 7.92. The normalized spacial score (nSPS) is 11.3. The fraction of sp³-hybridized carbons (Fsp3) is 0.263. The van der Waals surface area contributed by atoms with E-state index in [0.717, 1.165) is 0 Å². The molecular formula is C19H21NO5. The Labute approximate surface area is 146 Å². The molecule has 0 saturated heterocycles. The highest BCUT2D eigenvalue weighted by molar-refractivity contribution is 5.95.